The zero-order valence-corrected chi connectivity index (χ0v) is 25.1. The van der Waals surface area contributed by atoms with Crippen LogP contribution in [-0.4, -0.2) is 87.6 Å². The van der Waals surface area contributed by atoms with Crippen molar-refractivity contribution in [3.05, 3.63) is 89.0 Å². The number of ether oxygens (including phenoxy) is 1. The number of H-pyrrole nitrogens is 1. The van der Waals surface area contributed by atoms with Crippen LogP contribution in [0.1, 0.15) is 32.9 Å². The van der Waals surface area contributed by atoms with Gasteiger partial charge in [-0.15, -0.1) is 0 Å². The molecule has 2 aliphatic heterocycles. The van der Waals surface area contributed by atoms with E-state index in [-0.39, 0.29) is 29.2 Å². The Morgan fingerprint density at radius 3 is 2.60 bits per heavy atom. The predicted octanol–water partition coefficient (Wildman–Crippen LogP) is 5.31. The van der Waals surface area contributed by atoms with Crippen LogP contribution in [0, 0.1) is 6.92 Å². The fourth-order valence-electron chi connectivity index (χ4n) is 5.22. The molecule has 4 heterocycles. The van der Waals surface area contributed by atoms with Crippen LogP contribution >= 0.6 is 0 Å². The van der Waals surface area contributed by atoms with E-state index in [1.54, 1.807) is 24.4 Å². The molecule has 2 aliphatic rings. The van der Waals surface area contributed by atoms with Crippen molar-refractivity contribution in [3.8, 4) is 11.6 Å². The van der Waals surface area contributed by atoms with Gasteiger partial charge in [0.25, 0.3) is 5.91 Å². The number of aromatic amines is 1. The summed E-state index contributed by atoms with van der Waals surface area (Å²) in [5.41, 5.74) is 1.73. The number of piperazine rings is 1. The van der Waals surface area contributed by atoms with E-state index in [4.69, 9.17) is 4.74 Å². The summed E-state index contributed by atoms with van der Waals surface area (Å²) in [5, 5.41) is 10.1. The first kappa shape index (κ1) is 30.3. The van der Waals surface area contributed by atoms with Crippen molar-refractivity contribution in [1.82, 2.24) is 34.9 Å². The molecule has 6 rings (SSSR count). The second kappa shape index (κ2) is 12.3. The summed E-state index contributed by atoms with van der Waals surface area (Å²) < 4.78 is 48.5. The standard InChI is InChI=1S/C32H33F3N8O2/c1-20-4-5-22(16-27(20)45-31-25-18-36-40-29(25)38-28(39-31)21-8-10-41(2)11-9-21)30(44)37-24-7-6-23(26(17-24)32(33,34)35)19-43-14-12-42(3)13-15-43/h4-10,16-18H,11-15,19H2,1-3H3,(H,37,44)(H,36,38,39,40). The number of carbonyl (C=O) groups is 1. The highest BCUT2D eigenvalue weighted by Crippen LogP contribution is 2.35. The lowest BCUT2D eigenvalue weighted by atomic mass is 10.0. The molecule has 0 aliphatic carbocycles. The number of allylic oxidation sites excluding steroid dienone is 2. The van der Waals surface area contributed by atoms with Gasteiger partial charge in [0.1, 0.15) is 11.1 Å². The monoisotopic (exact) mass is 618 g/mol. The van der Waals surface area contributed by atoms with E-state index in [0.717, 1.165) is 30.3 Å². The number of nitrogens with zero attached hydrogens (tertiary/aromatic N) is 6. The molecule has 0 radical (unpaired) electrons. The number of benzene rings is 2. The molecule has 0 unspecified atom stereocenters. The Morgan fingerprint density at radius 1 is 1.07 bits per heavy atom. The molecule has 1 saturated heterocycles. The number of halogens is 3. The number of anilines is 1. The van der Waals surface area contributed by atoms with E-state index in [1.165, 1.54) is 12.1 Å². The number of hydrogen-bond acceptors (Lipinski definition) is 8. The van der Waals surface area contributed by atoms with Crippen molar-refractivity contribution in [2.24, 2.45) is 0 Å². The third kappa shape index (κ3) is 6.84. The van der Waals surface area contributed by atoms with E-state index >= 15 is 0 Å². The number of likely N-dealkylation sites (N-methyl/N-ethyl adjacent to an activating group) is 2. The van der Waals surface area contributed by atoms with Crippen molar-refractivity contribution >= 4 is 28.2 Å². The van der Waals surface area contributed by atoms with Crippen LogP contribution < -0.4 is 10.1 Å². The van der Waals surface area contributed by atoms with Gasteiger partial charge in [-0.3, -0.25) is 14.8 Å². The van der Waals surface area contributed by atoms with Crippen molar-refractivity contribution in [3.63, 3.8) is 0 Å². The van der Waals surface area contributed by atoms with Gasteiger partial charge in [0.05, 0.1) is 11.8 Å². The molecule has 2 aromatic carbocycles. The predicted molar refractivity (Wildman–Crippen MR) is 165 cm³/mol. The first-order valence-electron chi connectivity index (χ1n) is 14.5. The van der Waals surface area contributed by atoms with Gasteiger partial charge in [0.2, 0.25) is 5.88 Å². The number of nitrogens with one attached hydrogen (secondary N) is 2. The molecule has 0 atom stereocenters. The Bertz CT molecular complexity index is 1790. The molecule has 10 nitrogen and oxygen atoms in total. The third-order valence-electron chi connectivity index (χ3n) is 7.96. The molecule has 0 saturated carbocycles. The third-order valence-corrected chi connectivity index (χ3v) is 7.96. The second-order valence-corrected chi connectivity index (χ2v) is 11.4. The van der Waals surface area contributed by atoms with Crippen LogP contribution in [0.25, 0.3) is 16.6 Å². The minimum absolute atomic E-state index is 0.0532. The van der Waals surface area contributed by atoms with Crippen molar-refractivity contribution in [1.29, 1.82) is 0 Å². The first-order valence-corrected chi connectivity index (χ1v) is 14.5. The van der Waals surface area contributed by atoms with Crippen molar-refractivity contribution in [2.75, 3.05) is 52.1 Å². The lowest BCUT2D eigenvalue weighted by molar-refractivity contribution is -0.138. The SMILES string of the molecule is Cc1ccc(C(=O)Nc2ccc(CN3CCN(C)CC3)c(C(F)(F)F)c2)cc1Oc1nc(C2=CCN(C)C=C2)nc2[nH]ncc12. The molecule has 0 bridgehead atoms. The number of fused-ring (bicyclic) bond motifs is 1. The maximum atomic E-state index is 14.1. The Hall–Kier alpha value is -4.75. The van der Waals surface area contributed by atoms with Gasteiger partial charge in [0, 0.05) is 63.1 Å². The smallest absolute Gasteiger partial charge is 0.416 e. The summed E-state index contributed by atoms with van der Waals surface area (Å²) in [5.74, 6) is 0.497. The number of carbonyl (C=O) groups excluding carboxylic acids is 1. The maximum Gasteiger partial charge on any atom is 0.416 e. The normalized spacial score (nSPS) is 16.2. The zero-order chi connectivity index (χ0) is 31.7. The first-order chi connectivity index (χ1) is 21.5. The number of amides is 1. The highest BCUT2D eigenvalue weighted by Gasteiger charge is 2.34. The molecule has 1 amide bonds. The van der Waals surface area contributed by atoms with Gasteiger partial charge >= 0.3 is 6.18 Å². The van der Waals surface area contributed by atoms with E-state index < -0.39 is 17.6 Å². The average molecular weight is 619 g/mol. The molecule has 1 fully saturated rings. The Balaban J connectivity index is 1.23. The number of aromatic nitrogens is 4. The molecule has 2 N–H and O–H groups in total. The Morgan fingerprint density at radius 2 is 1.87 bits per heavy atom. The number of alkyl halides is 3. The van der Waals surface area contributed by atoms with Gasteiger partial charge in [-0.2, -0.15) is 23.3 Å². The number of aryl methyl sites for hydroxylation is 1. The summed E-state index contributed by atoms with van der Waals surface area (Å²) in [7, 11) is 3.96. The quantitative estimate of drug-likeness (QED) is 0.287. The Kier molecular flexibility index (Phi) is 8.30. The number of rotatable bonds is 7. The molecule has 4 aromatic rings. The van der Waals surface area contributed by atoms with Crippen LogP contribution in [0.3, 0.4) is 0 Å². The molecular weight excluding hydrogens is 585 g/mol. The summed E-state index contributed by atoms with van der Waals surface area (Å²) in [6.45, 7) is 5.70. The molecule has 234 valence electrons. The minimum atomic E-state index is -4.57. The van der Waals surface area contributed by atoms with Gasteiger partial charge in [0.15, 0.2) is 11.5 Å². The number of hydrogen-bond donors (Lipinski definition) is 2. The summed E-state index contributed by atoms with van der Waals surface area (Å²) >= 11 is 0. The topological polar surface area (TPSA) is 103 Å². The molecule has 2 aromatic heterocycles. The van der Waals surface area contributed by atoms with Crippen LogP contribution in [0.4, 0.5) is 18.9 Å². The fourth-order valence-corrected chi connectivity index (χ4v) is 5.22. The zero-order valence-electron chi connectivity index (χ0n) is 25.1. The summed E-state index contributed by atoms with van der Waals surface area (Å²) in [6.07, 6.45) is 2.83. The van der Waals surface area contributed by atoms with Crippen molar-refractivity contribution in [2.45, 2.75) is 19.6 Å². The highest BCUT2D eigenvalue weighted by atomic mass is 19.4. The maximum absolute atomic E-state index is 14.1. The van der Waals surface area contributed by atoms with Crippen LogP contribution in [-0.2, 0) is 12.7 Å². The van der Waals surface area contributed by atoms with E-state index in [1.807, 2.05) is 49.2 Å². The molecule has 45 heavy (non-hydrogen) atoms. The van der Waals surface area contributed by atoms with Crippen LogP contribution in [0.5, 0.6) is 11.6 Å². The lowest BCUT2D eigenvalue weighted by Gasteiger charge is -2.33. The molecular formula is C32H33F3N8O2. The summed E-state index contributed by atoms with van der Waals surface area (Å²) in [6, 6.07) is 8.80. The van der Waals surface area contributed by atoms with E-state index in [9.17, 15) is 18.0 Å². The second-order valence-electron chi connectivity index (χ2n) is 11.4. The van der Waals surface area contributed by atoms with Gasteiger partial charge in [-0.1, -0.05) is 18.2 Å². The largest absolute Gasteiger partial charge is 0.438 e. The molecule has 0 spiro atoms. The van der Waals surface area contributed by atoms with Crippen LogP contribution in [0.15, 0.2) is 60.9 Å². The van der Waals surface area contributed by atoms with E-state index in [0.29, 0.717) is 42.2 Å². The Labute approximate surface area is 258 Å². The summed E-state index contributed by atoms with van der Waals surface area (Å²) in [4.78, 5) is 28.7. The van der Waals surface area contributed by atoms with E-state index in [2.05, 4.69) is 30.4 Å². The molecule has 13 heteroatoms. The van der Waals surface area contributed by atoms with Gasteiger partial charge in [-0.05, 0) is 61.6 Å². The fraction of sp³-hybridized carbons (Fsp3) is 0.312. The lowest BCUT2D eigenvalue weighted by Crippen LogP contribution is -2.44. The van der Waals surface area contributed by atoms with Crippen LogP contribution in [0.2, 0.25) is 0 Å². The average Bonchev–Trinajstić information content (AvgIpc) is 3.49. The minimum Gasteiger partial charge on any atom is -0.438 e. The van der Waals surface area contributed by atoms with Gasteiger partial charge < -0.3 is 19.9 Å². The highest BCUT2D eigenvalue weighted by molar-refractivity contribution is 6.04. The van der Waals surface area contributed by atoms with Crippen molar-refractivity contribution < 1.29 is 22.7 Å². The van der Waals surface area contributed by atoms with Gasteiger partial charge in [-0.25, -0.2) is 4.98 Å².